The summed E-state index contributed by atoms with van der Waals surface area (Å²) in [5, 5.41) is 0.716. The topological polar surface area (TPSA) is 48.1 Å². The summed E-state index contributed by atoms with van der Waals surface area (Å²) in [6.45, 7) is 1.05. The van der Waals surface area contributed by atoms with Gasteiger partial charge in [0.05, 0.1) is 12.7 Å². The fourth-order valence-corrected chi connectivity index (χ4v) is 1.96. The highest BCUT2D eigenvalue weighted by atomic mass is 35.5. The molecular weight excluding hydrogens is 260 g/mol. The summed E-state index contributed by atoms with van der Waals surface area (Å²) in [5.41, 5.74) is 7.82. The molecule has 2 N–H and O–H groups in total. The largest absolute Gasteiger partial charge is 0.372 e. The van der Waals surface area contributed by atoms with E-state index in [9.17, 15) is 0 Å². The molecule has 2 aromatic rings. The van der Waals surface area contributed by atoms with Crippen LogP contribution in [0.15, 0.2) is 48.7 Å². The normalized spacial score (nSPS) is 12.3. The first kappa shape index (κ1) is 14.0. The molecule has 4 heteroatoms. The number of aromatic nitrogens is 1. The highest BCUT2D eigenvalue weighted by Crippen LogP contribution is 2.19. The number of ether oxygens (including phenoxy) is 1. The highest BCUT2D eigenvalue weighted by Gasteiger charge is 2.09. The molecule has 19 heavy (non-hydrogen) atoms. The smallest absolute Gasteiger partial charge is 0.0947 e. The summed E-state index contributed by atoms with van der Waals surface area (Å²) >= 11 is 5.86. The van der Waals surface area contributed by atoms with Crippen molar-refractivity contribution in [1.82, 2.24) is 4.98 Å². The lowest BCUT2D eigenvalue weighted by atomic mass is 10.1. The van der Waals surface area contributed by atoms with Crippen molar-refractivity contribution in [1.29, 1.82) is 0 Å². The van der Waals surface area contributed by atoms with Gasteiger partial charge >= 0.3 is 0 Å². The Morgan fingerprint density at radius 2 is 1.95 bits per heavy atom. The second-order valence-corrected chi connectivity index (χ2v) is 4.65. The quantitative estimate of drug-likeness (QED) is 0.882. The molecular formula is C15H17ClN2O. The third-order valence-corrected chi connectivity index (χ3v) is 3.11. The zero-order valence-electron chi connectivity index (χ0n) is 10.6. The van der Waals surface area contributed by atoms with Crippen LogP contribution in [0.25, 0.3) is 0 Å². The number of pyridine rings is 1. The standard InChI is InChI=1S/C15H17ClN2O/c16-13-6-4-12(5-7-13)15(11-17)19-10-8-14-3-1-2-9-18-14/h1-7,9,15H,8,10-11,17H2. The fraction of sp³-hybridized carbons (Fsp3) is 0.267. The van der Waals surface area contributed by atoms with E-state index in [1.54, 1.807) is 6.20 Å². The van der Waals surface area contributed by atoms with E-state index in [4.69, 9.17) is 22.1 Å². The number of nitrogens with two attached hydrogens (primary N) is 1. The Bertz CT molecular complexity index is 487. The minimum Gasteiger partial charge on any atom is -0.372 e. The number of halogens is 1. The molecule has 0 aliphatic rings. The molecule has 0 radical (unpaired) electrons. The molecule has 0 fully saturated rings. The Hall–Kier alpha value is -1.42. The molecule has 0 saturated heterocycles. The van der Waals surface area contributed by atoms with E-state index in [0.29, 0.717) is 18.2 Å². The third-order valence-electron chi connectivity index (χ3n) is 2.86. The van der Waals surface area contributed by atoms with Crippen LogP contribution in [0.1, 0.15) is 17.4 Å². The van der Waals surface area contributed by atoms with Crippen molar-refractivity contribution < 1.29 is 4.74 Å². The maximum Gasteiger partial charge on any atom is 0.0947 e. The van der Waals surface area contributed by atoms with Gasteiger partial charge in [0.1, 0.15) is 0 Å². The van der Waals surface area contributed by atoms with Gasteiger partial charge in [-0.1, -0.05) is 29.8 Å². The van der Waals surface area contributed by atoms with E-state index >= 15 is 0 Å². The molecule has 0 saturated carbocycles. The van der Waals surface area contributed by atoms with E-state index in [1.165, 1.54) is 0 Å². The van der Waals surface area contributed by atoms with Crippen molar-refractivity contribution in [2.24, 2.45) is 5.73 Å². The van der Waals surface area contributed by atoms with Crippen LogP contribution in [0, 0.1) is 0 Å². The van der Waals surface area contributed by atoms with Gasteiger partial charge in [0.25, 0.3) is 0 Å². The van der Waals surface area contributed by atoms with Crippen LogP contribution in [0.2, 0.25) is 5.02 Å². The molecule has 2 rings (SSSR count). The van der Waals surface area contributed by atoms with Crippen molar-refractivity contribution in [3.8, 4) is 0 Å². The molecule has 0 amide bonds. The highest BCUT2D eigenvalue weighted by molar-refractivity contribution is 6.30. The second kappa shape index (κ2) is 7.24. The summed E-state index contributed by atoms with van der Waals surface area (Å²) in [5.74, 6) is 0. The van der Waals surface area contributed by atoms with Crippen LogP contribution in [-0.2, 0) is 11.2 Å². The van der Waals surface area contributed by atoms with Crippen molar-refractivity contribution in [2.75, 3.05) is 13.2 Å². The molecule has 0 spiro atoms. The zero-order valence-corrected chi connectivity index (χ0v) is 11.4. The minimum atomic E-state index is -0.0963. The summed E-state index contributed by atoms with van der Waals surface area (Å²) in [6.07, 6.45) is 2.47. The number of rotatable bonds is 6. The third kappa shape index (κ3) is 4.31. The first-order chi connectivity index (χ1) is 9.29. The van der Waals surface area contributed by atoms with Crippen molar-refractivity contribution >= 4 is 11.6 Å². The molecule has 100 valence electrons. The van der Waals surface area contributed by atoms with Crippen molar-refractivity contribution in [3.63, 3.8) is 0 Å². The number of benzene rings is 1. The first-order valence-electron chi connectivity index (χ1n) is 6.26. The monoisotopic (exact) mass is 276 g/mol. The maximum absolute atomic E-state index is 5.86. The van der Waals surface area contributed by atoms with Crippen molar-refractivity contribution in [2.45, 2.75) is 12.5 Å². The number of nitrogens with zero attached hydrogens (tertiary/aromatic N) is 1. The lowest BCUT2D eigenvalue weighted by Crippen LogP contribution is -2.17. The van der Waals surface area contributed by atoms with Gasteiger partial charge in [-0.2, -0.15) is 0 Å². The molecule has 0 bridgehead atoms. The van der Waals surface area contributed by atoms with Gasteiger partial charge in [-0.05, 0) is 29.8 Å². The van der Waals surface area contributed by atoms with Crippen LogP contribution < -0.4 is 5.73 Å². The maximum atomic E-state index is 5.86. The van der Waals surface area contributed by atoms with Gasteiger partial charge in [-0.3, -0.25) is 4.98 Å². The molecule has 1 aromatic carbocycles. The number of hydrogen-bond donors (Lipinski definition) is 1. The molecule has 1 unspecified atom stereocenters. The average molecular weight is 277 g/mol. The first-order valence-corrected chi connectivity index (χ1v) is 6.64. The van der Waals surface area contributed by atoms with E-state index in [1.807, 2.05) is 42.5 Å². The van der Waals surface area contributed by atoms with Gasteiger partial charge in [-0.25, -0.2) is 0 Å². The van der Waals surface area contributed by atoms with Crippen LogP contribution in [-0.4, -0.2) is 18.1 Å². The summed E-state index contributed by atoms with van der Waals surface area (Å²) in [4.78, 5) is 4.26. The molecule has 3 nitrogen and oxygen atoms in total. The average Bonchev–Trinajstić information content (AvgIpc) is 2.46. The lowest BCUT2D eigenvalue weighted by Gasteiger charge is -2.16. The summed E-state index contributed by atoms with van der Waals surface area (Å²) in [6, 6.07) is 13.5. The minimum absolute atomic E-state index is 0.0963. The fourth-order valence-electron chi connectivity index (χ4n) is 1.83. The molecule has 1 aromatic heterocycles. The lowest BCUT2D eigenvalue weighted by molar-refractivity contribution is 0.0605. The molecule has 1 atom stereocenters. The molecule has 0 aliphatic carbocycles. The SMILES string of the molecule is NCC(OCCc1ccccn1)c1ccc(Cl)cc1. The van der Waals surface area contributed by atoms with Crippen LogP contribution in [0.5, 0.6) is 0 Å². The van der Waals surface area contributed by atoms with E-state index in [0.717, 1.165) is 17.7 Å². The molecule has 0 aliphatic heterocycles. The summed E-state index contributed by atoms with van der Waals surface area (Å²) in [7, 11) is 0. The predicted molar refractivity (Wildman–Crippen MR) is 77.1 cm³/mol. The van der Waals surface area contributed by atoms with Gasteiger partial charge in [0.2, 0.25) is 0 Å². The zero-order chi connectivity index (χ0) is 13.5. The Labute approximate surface area is 118 Å². The van der Waals surface area contributed by atoms with Gasteiger partial charge in [0, 0.05) is 29.9 Å². The summed E-state index contributed by atoms with van der Waals surface area (Å²) < 4.78 is 5.81. The second-order valence-electron chi connectivity index (χ2n) is 4.22. The Balaban J connectivity index is 1.87. The van der Waals surface area contributed by atoms with E-state index in [2.05, 4.69) is 4.98 Å². The number of hydrogen-bond acceptors (Lipinski definition) is 3. The van der Waals surface area contributed by atoms with E-state index < -0.39 is 0 Å². The van der Waals surface area contributed by atoms with E-state index in [-0.39, 0.29) is 6.10 Å². The Morgan fingerprint density at radius 3 is 2.58 bits per heavy atom. The van der Waals surface area contributed by atoms with Gasteiger partial charge in [0.15, 0.2) is 0 Å². The van der Waals surface area contributed by atoms with Gasteiger partial charge in [-0.15, -0.1) is 0 Å². The van der Waals surface area contributed by atoms with Crippen LogP contribution in [0.4, 0.5) is 0 Å². The Morgan fingerprint density at radius 1 is 1.16 bits per heavy atom. The Kier molecular flexibility index (Phi) is 5.33. The predicted octanol–water partition coefficient (Wildman–Crippen LogP) is 2.99. The van der Waals surface area contributed by atoms with Crippen molar-refractivity contribution in [3.05, 3.63) is 64.9 Å². The van der Waals surface area contributed by atoms with Crippen LogP contribution in [0.3, 0.4) is 0 Å². The van der Waals surface area contributed by atoms with Gasteiger partial charge < -0.3 is 10.5 Å². The van der Waals surface area contributed by atoms with Crippen LogP contribution >= 0.6 is 11.6 Å². The molecule has 1 heterocycles.